The summed E-state index contributed by atoms with van der Waals surface area (Å²) in [5, 5.41) is 2.72. The number of urea groups is 1. The van der Waals surface area contributed by atoms with Crippen LogP contribution >= 0.6 is 58.6 Å². The van der Waals surface area contributed by atoms with Crippen LogP contribution in [0, 0.1) is 0 Å². The maximum Gasteiger partial charge on any atom is 0.344 e. The number of rotatable bonds is 2. The SMILES string of the molecule is O=C1N(c2cccc(Cl)c2)C(C=S)NN1C(Cl)(Cl)Cl. The number of amides is 2. The van der Waals surface area contributed by atoms with E-state index in [2.05, 4.69) is 5.43 Å². The highest BCUT2D eigenvalue weighted by Gasteiger charge is 2.46. The molecule has 2 rings (SSSR count). The summed E-state index contributed by atoms with van der Waals surface area (Å²) in [4.78, 5) is 13.6. The van der Waals surface area contributed by atoms with Crippen LogP contribution in [0.3, 0.4) is 0 Å². The fourth-order valence-corrected chi connectivity index (χ4v) is 2.37. The van der Waals surface area contributed by atoms with Crippen molar-refractivity contribution in [3.63, 3.8) is 0 Å². The Bertz CT molecular complexity index is 522. The molecule has 1 aromatic rings. The van der Waals surface area contributed by atoms with E-state index in [0.717, 1.165) is 5.01 Å². The van der Waals surface area contributed by atoms with Crippen LogP contribution in [0.25, 0.3) is 0 Å². The van der Waals surface area contributed by atoms with E-state index in [-0.39, 0.29) is 0 Å². The summed E-state index contributed by atoms with van der Waals surface area (Å²) in [6.07, 6.45) is -0.600. The van der Waals surface area contributed by atoms with Crippen LogP contribution in [-0.2, 0) is 0 Å². The molecule has 1 heterocycles. The van der Waals surface area contributed by atoms with Gasteiger partial charge in [0.25, 0.3) is 3.92 Å². The van der Waals surface area contributed by atoms with Crippen molar-refractivity contribution in [3.8, 4) is 0 Å². The first-order valence-corrected chi connectivity index (χ1v) is 7.00. The van der Waals surface area contributed by atoms with Crippen molar-refractivity contribution in [1.29, 1.82) is 0 Å². The number of carbonyl (C=O) groups is 1. The van der Waals surface area contributed by atoms with Crippen LogP contribution in [0.15, 0.2) is 24.3 Å². The van der Waals surface area contributed by atoms with Gasteiger partial charge in [0.1, 0.15) is 6.17 Å². The van der Waals surface area contributed by atoms with E-state index in [1.807, 2.05) is 0 Å². The third-order valence-electron chi connectivity index (χ3n) is 2.41. The molecular weight excluding hydrogens is 352 g/mol. The monoisotopic (exact) mass is 357 g/mol. The Balaban J connectivity index is 2.39. The second-order valence-electron chi connectivity index (χ2n) is 3.65. The molecule has 1 aliphatic rings. The summed E-state index contributed by atoms with van der Waals surface area (Å²) in [6, 6.07) is 6.20. The highest BCUT2D eigenvalue weighted by Crippen LogP contribution is 2.35. The van der Waals surface area contributed by atoms with E-state index in [1.165, 1.54) is 10.3 Å². The van der Waals surface area contributed by atoms with Crippen molar-refractivity contribution in [1.82, 2.24) is 10.4 Å². The Morgan fingerprint density at radius 1 is 1.37 bits per heavy atom. The highest BCUT2D eigenvalue weighted by atomic mass is 35.6. The number of hydrogen-bond acceptors (Lipinski definition) is 3. The Kier molecular flexibility index (Phi) is 4.45. The predicted octanol–water partition coefficient (Wildman–Crippen LogP) is 3.74. The van der Waals surface area contributed by atoms with Gasteiger partial charge in [-0.1, -0.05) is 64.7 Å². The Labute approximate surface area is 135 Å². The lowest BCUT2D eigenvalue weighted by molar-refractivity contribution is 0.201. The Morgan fingerprint density at radius 3 is 2.58 bits per heavy atom. The quantitative estimate of drug-likeness (QED) is 0.497. The first-order chi connectivity index (χ1) is 8.84. The number of thiocarbonyl (C=S) groups is 1. The summed E-state index contributed by atoms with van der Waals surface area (Å²) in [6.45, 7) is 0. The van der Waals surface area contributed by atoms with Gasteiger partial charge in [-0.3, -0.25) is 4.90 Å². The standard InChI is InChI=1S/C10H7Cl4N3OS/c11-6-2-1-3-7(4-6)16-8(5-19)15-17(9(16)18)10(12,13)14/h1-5,8,15H. The molecule has 102 valence electrons. The van der Waals surface area contributed by atoms with Crippen molar-refractivity contribution in [2.45, 2.75) is 10.1 Å². The largest absolute Gasteiger partial charge is 0.344 e. The summed E-state index contributed by atoms with van der Waals surface area (Å²) >= 11 is 27.9. The van der Waals surface area contributed by atoms with Crippen molar-refractivity contribution in [2.24, 2.45) is 0 Å². The van der Waals surface area contributed by atoms with E-state index in [1.54, 1.807) is 24.3 Å². The van der Waals surface area contributed by atoms with Crippen LogP contribution in [0.4, 0.5) is 10.5 Å². The van der Waals surface area contributed by atoms with Gasteiger partial charge in [-0.05, 0) is 18.2 Å². The number of alkyl halides is 3. The zero-order valence-electron chi connectivity index (χ0n) is 9.19. The molecule has 1 aromatic carbocycles. The number of carbonyl (C=O) groups excluding carboxylic acids is 1. The molecule has 0 aromatic heterocycles. The predicted molar refractivity (Wildman–Crippen MR) is 82.0 cm³/mol. The zero-order chi connectivity index (χ0) is 14.2. The molecule has 0 bridgehead atoms. The molecule has 1 unspecified atom stereocenters. The minimum atomic E-state index is -1.92. The molecule has 1 atom stereocenters. The number of nitrogens with zero attached hydrogens (tertiary/aromatic N) is 2. The van der Waals surface area contributed by atoms with Crippen molar-refractivity contribution in [3.05, 3.63) is 29.3 Å². The molecule has 1 aliphatic heterocycles. The van der Waals surface area contributed by atoms with Gasteiger partial charge in [0.05, 0.1) is 0 Å². The highest BCUT2D eigenvalue weighted by molar-refractivity contribution is 7.79. The molecule has 0 aliphatic carbocycles. The minimum Gasteiger partial charge on any atom is -0.271 e. The summed E-state index contributed by atoms with van der Waals surface area (Å²) in [5.74, 6) is 0. The lowest BCUT2D eigenvalue weighted by atomic mass is 10.3. The Morgan fingerprint density at radius 2 is 2.05 bits per heavy atom. The molecular formula is C10H7Cl4N3OS. The molecule has 0 spiro atoms. The normalized spacial score (nSPS) is 20.0. The fraction of sp³-hybridized carbons (Fsp3) is 0.200. The number of benzene rings is 1. The number of nitrogens with one attached hydrogen (secondary N) is 1. The third-order valence-corrected chi connectivity index (χ3v) is 3.41. The van der Waals surface area contributed by atoms with E-state index >= 15 is 0 Å². The van der Waals surface area contributed by atoms with Gasteiger partial charge < -0.3 is 0 Å². The lowest BCUT2D eigenvalue weighted by Gasteiger charge is -2.23. The molecule has 0 saturated carbocycles. The van der Waals surface area contributed by atoms with Gasteiger partial charge in [0.2, 0.25) is 0 Å². The van der Waals surface area contributed by atoms with E-state index in [0.29, 0.717) is 10.7 Å². The maximum atomic E-state index is 12.3. The maximum absolute atomic E-state index is 12.3. The summed E-state index contributed by atoms with van der Waals surface area (Å²) in [7, 11) is 0. The van der Waals surface area contributed by atoms with E-state index in [4.69, 9.17) is 58.6 Å². The molecule has 0 radical (unpaired) electrons. The van der Waals surface area contributed by atoms with Gasteiger partial charge in [-0.2, -0.15) is 5.43 Å². The number of hydrogen-bond donors (Lipinski definition) is 1. The zero-order valence-corrected chi connectivity index (χ0v) is 13.0. The number of hydrazine groups is 1. The van der Waals surface area contributed by atoms with Crippen LogP contribution in [0.1, 0.15) is 0 Å². The molecule has 1 N–H and O–H groups in total. The third kappa shape index (κ3) is 3.07. The van der Waals surface area contributed by atoms with E-state index in [9.17, 15) is 4.79 Å². The van der Waals surface area contributed by atoms with Gasteiger partial charge >= 0.3 is 6.03 Å². The van der Waals surface area contributed by atoms with Crippen molar-refractivity contribution in [2.75, 3.05) is 4.90 Å². The minimum absolute atomic E-state index is 0.487. The van der Waals surface area contributed by atoms with Gasteiger partial charge in [0, 0.05) is 16.1 Å². The van der Waals surface area contributed by atoms with Gasteiger partial charge in [-0.15, -0.1) is 0 Å². The molecule has 2 amide bonds. The molecule has 1 saturated heterocycles. The van der Waals surface area contributed by atoms with Gasteiger partial charge in [-0.25, -0.2) is 9.80 Å². The van der Waals surface area contributed by atoms with Crippen LogP contribution in [0.2, 0.25) is 5.02 Å². The molecule has 4 nitrogen and oxygen atoms in total. The second-order valence-corrected chi connectivity index (χ2v) is 6.58. The van der Waals surface area contributed by atoms with E-state index < -0.39 is 16.1 Å². The van der Waals surface area contributed by atoms with Crippen molar-refractivity contribution < 1.29 is 4.79 Å². The molecule has 19 heavy (non-hydrogen) atoms. The Hall–Kier alpha value is -0.300. The molecule has 1 fully saturated rings. The smallest absolute Gasteiger partial charge is 0.271 e. The number of halogens is 4. The average Bonchev–Trinajstić information content (AvgIpc) is 2.66. The van der Waals surface area contributed by atoms with Crippen LogP contribution in [0.5, 0.6) is 0 Å². The van der Waals surface area contributed by atoms with Crippen molar-refractivity contribution >= 4 is 75.7 Å². The lowest BCUT2D eigenvalue weighted by Crippen LogP contribution is -2.45. The topological polar surface area (TPSA) is 35.6 Å². The molecule has 9 heteroatoms. The van der Waals surface area contributed by atoms with Crippen LogP contribution in [-0.4, -0.2) is 26.5 Å². The fourth-order valence-electron chi connectivity index (χ4n) is 1.64. The average molecular weight is 359 g/mol. The number of anilines is 1. The first-order valence-electron chi connectivity index (χ1n) is 5.02. The first kappa shape index (κ1) is 15.1. The van der Waals surface area contributed by atoms with Gasteiger partial charge in [0.15, 0.2) is 0 Å². The second kappa shape index (κ2) is 5.60. The summed E-state index contributed by atoms with van der Waals surface area (Å²) < 4.78 is -1.92. The van der Waals surface area contributed by atoms with Crippen LogP contribution < -0.4 is 10.3 Å². The summed E-state index contributed by atoms with van der Waals surface area (Å²) in [5.41, 5.74) is 3.26.